The number of urea groups is 1. The van der Waals surface area contributed by atoms with E-state index in [9.17, 15) is 4.79 Å². The van der Waals surface area contributed by atoms with Gasteiger partial charge >= 0.3 is 6.03 Å². The van der Waals surface area contributed by atoms with Gasteiger partial charge in [0.1, 0.15) is 0 Å². The van der Waals surface area contributed by atoms with Gasteiger partial charge in [-0.15, -0.1) is 0 Å². The molecule has 1 unspecified atom stereocenters. The number of likely N-dealkylation sites (N-methyl/N-ethyl adjacent to an activating group) is 1. The van der Waals surface area contributed by atoms with Crippen molar-refractivity contribution in [2.24, 2.45) is 0 Å². The first-order valence-corrected chi connectivity index (χ1v) is 7.36. The number of morpholine rings is 1. The number of hydrogen-bond donors (Lipinski definition) is 1. The SMILES string of the molecule is CN1CCOC(CN2CCN(c3ccccc3N)C2=O)C1. The fraction of sp³-hybridized carbons (Fsp3) is 0.533. The minimum atomic E-state index is 0.0183. The Morgan fingerprint density at radius 3 is 2.86 bits per heavy atom. The fourth-order valence-corrected chi connectivity index (χ4v) is 2.93. The summed E-state index contributed by atoms with van der Waals surface area (Å²) >= 11 is 0. The van der Waals surface area contributed by atoms with Gasteiger partial charge in [-0.2, -0.15) is 0 Å². The van der Waals surface area contributed by atoms with Gasteiger partial charge in [-0.25, -0.2) is 4.79 Å². The fourth-order valence-electron chi connectivity index (χ4n) is 2.93. The highest BCUT2D eigenvalue weighted by molar-refractivity contribution is 5.97. The second-order valence-electron chi connectivity index (χ2n) is 5.69. The van der Waals surface area contributed by atoms with Crippen LogP contribution in [-0.4, -0.2) is 68.3 Å². The van der Waals surface area contributed by atoms with Crippen LogP contribution in [0.5, 0.6) is 0 Å². The zero-order valence-corrected chi connectivity index (χ0v) is 12.4. The highest BCUT2D eigenvalue weighted by atomic mass is 16.5. The van der Waals surface area contributed by atoms with Gasteiger partial charge in [0.15, 0.2) is 0 Å². The number of para-hydroxylation sites is 2. The number of rotatable bonds is 3. The number of ether oxygens (including phenoxy) is 1. The van der Waals surface area contributed by atoms with E-state index in [-0.39, 0.29) is 12.1 Å². The molecule has 6 nitrogen and oxygen atoms in total. The first-order chi connectivity index (χ1) is 10.1. The van der Waals surface area contributed by atoms with Crippen molar-refractivity contribution in [1.82, 2.24) is 9.80 Å². The minimum absolute atomic E-state index is 0.0183. The normalized spacial score (nSPS) is 23.9. The van der Waals surface area contributed by atoms with Crippen LogP contribution in [0.15, 0.2) is 24.3 Å². The molecule has 2 amide bonds. The van der Waals surface area contributed by atoms with Crippen LogP contribution < -0.4 is 10.6 Å². The molecule has 3 rings (SSSR count). The summed E-state index contributed by atoms with van der Waals surface area (Å²) in [6.07, 6.45) is 0.0979. The van der Waals surface area contributed by atoms with E-state index in [1.54, 1.807) is 4.90 Å². The topological polar surface area (TPSA) is 62.0 Å². The summed E-state index contributed by atoms with van der Waals surface area (Å²) in [5.74, 6) is 0. The Morgan fingerprint density at radius 2 is 2.10 bits per heavy atom. The van der Waals surface area contributed by atoms with Crippen LogP contribution in [0.3, 0.4) is 0 Å². The molecule has 0 aromatic heterocycles. The molecule has 0 radical (unpaired) electrons. The molecule has 2 saturated heterocycles. The molecule has 1 aromatic carbocycles. The maximum absolute atomic E-state index is 12.5. The number of amides is 2. The first-order valence-electron chi connectivity index (χ1n) is 7.36. The zero-order valence-electron chi connectivity index (χ0n) is 12.4. The summed E-state index contributed by atoms with van der Waals surface area (Å²) in [6.45, 7) is 4.60. The van der Waals surface area contributed by atoms with Crippen LogP contribution in [0.4, 0.5) is 16.2 Å². The molecular formula is C15H22N4O2. The van der Waals surface area contributed by atoms with Gasteiger partial charge < -0.3 is 20.3 Å². The predicted molar refractivity (Wildman–Crippen MR) is 82.4 cm³/mol. The quantitative estimate of drug-likeness (QED) is 0.838. The summed E-state index contributed by atoms with van der Waals surface area (Å²) in [7, 11) is 2.08. The number of nitrogen functional groups attached to an aromatic ring is 1. The Hall–Kier alpha value is -1.79. The molecule has 0 bridgehead atoms. The standard InChI is InChI=1S/C15H22N4O2/c1-17-8-9-21-12(10-17)11-18-6-7-19(15(18)20)14-5-3-2-4-13(14)16/h2-5,12H,6-11,16H2,1H3. The van der Waals surface area contributed by atoms with Crippen molar-refractivity contribution in [2.75, 3.05) is 57.0 Å². The van der Waals surface area contributed by atoms with E-state index in [0.29, 0.717) is 18.8 Å². The zero-order chi connectivity index (χ0) is 14.8. The Bertz CT molecular complexity index is 522. The van der Waals surface area contributed by atoms with Gasteiger partial charge in [0.05, 0.1) is 24.1 Å². The molecule has 2 aliphatic heterocycles. The molecule has 114 valence electrons. The van der Waals surface area contributed by atoms with E-state index in [0.717, 1.165) is 31.9 Å². The summed E-state index contributed by atoms with van der Waals surface area (Å²) in [5.41, 5.74) is 7.40. The van der Waals surface area contributed by atoms with E-state index in [1.165, 1.54) is 0 Å². The summed E-state index contributed by atoms with van der Waals surface area (Å²) in [4.78, 5) is 18.4. The molecule has 1 aromatic rings. The number of anilines is 2. The third kappa shape index (κ3) is 2.96. The lowest BCUT2D eigenvalue weighted by Crippen LogP contribution is -2.47. The molecule has 0 aliphatic carbocycles. The molecule has 2 fully saturated rings. The van der Waals surface area contributed by atoms with Gasteiger partial charge in [-0.1, -0.05) is 12.1 Å². The minimum Gasteiger partial charge on any atom is -0.397 e. The average molecular weight is 290 g/mol. The first kappa shape index (κ1) is 14.2. The van der Waals surface area contributed by atoms with E-state index < -0.39 is 0 Å². The molecule has 0 spiro atoms. The number of carbonyl (C=O) groups excluding carboxylic acids is 1. The van der Waals surface area contributed by atoms with Crippen LogP contribution in [0.25, 0.3) is 0 Å². The summed E-state index contributed by atoms with van der Waals surface area (Å²) in [5, 5.41) is 0. The highest BCUT2D eigenvalue weighted by Crippen LogP contribution is 2.26. The number of nitrogens with zero attached hydrogens (tertiary/aromatic N) is 3. The van der Waals surface area contributed by atoms with Gasteiger partial charge in [-0.05, 0) is 19.2 Å². The predicted octanol–water partition coefficient (Wildman–Crippen LogP) is 0.841. The molecular weight excluding hydrogens is 268 g/mol. The maximum atomic E-state index is 12.5. The average Bonchev–Trinajstić information content (AvgIpc) is 2.81. The Morgan fingerprint density at radius 1 is 1.29 bits per heavy atom. The lowest BCUT2D eigenvalue weighted by Gasteiger charge is -2.32. The van der Waals surface area contributed by atoms with E-state index in [1.807, 2.05) is 29.2 Å². The molecule has 1 atom stereocenters. The van der Waals surface area contributed by atoms with Crippen LogP contribution >= 0.6 is 0 Å². The van der Waals surface area contributed by atoms with E-state index in [2.05, 4.69) is 11.9 Å². The molecule has 21 heavy (non-hydrogen) atoms. The highest BCUT2D eigenvalue weighted by Gasteiger charge is 2.33. The van der Waals surface area contributed by atoms with Crippen molar-refractivity contribution in [1.29, 1.82) is 0 Å². The van der Waals surface area contributed by atoms with Crippen molar-refractivity contribution in [3.8, 4) is 0 Å². The van der Waals surface area contributed by atoms with Crippen molar-refractivity contribution in [3.63, 3.8) is 0 Å². The largest absolute Gasteiger partial charge is 0.397 e. The molecule has 6 heteroatoms. The number of carbonyl (C=O) groups is 1. The van der Waals surface area contributed by atoms with E-state index >= 15 is 0 Å². The van der Waals surface area contributed by atoms with Crippen LogP contribution in [0, 0.1) is 0 Å². The number of nitrogens with two attached hydrogens (primary N) is 1. The van der Waals surface area contributed by atoms with Crippen molar-refractivity contribution < 1.29 is 9.53 Å². The third-order valence-corrected chi connectivity index (χ3v) is 4.09. The van der Waals surface area contributed by atoms with Gasteiger partial charge in [0.25, 0.3) is 0 Å². The summed E-state index contributed by atoms with van der Waals surface area (Å²) in [6, 6.07) is 7.51. The second-order valence-corrected chi connectivity index (χ2v) is 5.69. The van der Waals surface area contributed by atoms with Crippen LogP contribution in [0.1, 0.15) is 0 Å². The second kappa shape index (κ2) is 5.91. The monoisotopic (exact) mass is 290 g/mol. The Kier molecular flexibility index (Phi) is 3.98. The molecule has 2 N–H and O–H groups in total. The number of hydrogen-bond acceptors (Lipinski definition) is 4. The maximum Gasteiger partial charge on any atom is 0.324 e. The van der Waals surface area contributed by atoms with Crippen molar-refractivity contribution in [2.45, 2.75) is 6.10 Å². The van der Waals surface area contributed by atoms with Gasteiger partial charge in [0.2, 0.25) is 0 Å². The summed E-state index contributed by atoms with van der Waals surface area (Å²) < 4.78 is 5.74. The lowest BCUT2D eigenvalue weighted by molar-refractivity contribution is -0.0286. The van der Waals surface area contributed by atoms with Gasteiger partial charge in [-0.3, -0.25) is 4.90 Å². The van der Waals surface area contributed by atoms with Crippen molar-refractivity contribution >= 4 is 17.4 Å². The smallest absolute Gasteiger partial charge is 0.324 e. The van der Waals surface area contributed by atoms with Crippen molar-refractivity contribution in [3.05, 3.63) is 24.3 Å². The molecule has 2 aliphatic rings. The lowest BCUT2D eigenvalue weighted by atomic mass is 10.2. The van der Waals surface area contributed by atoms with Crippen LogP contribution in [-0.2, 0) is 4.74 Å². The number of benzene rings is 1. The molecule has 2 heterocycles. The van der Waals surface area contributed by atoms with Gasteiger partial charge in [0, 0.05) is 32.7 Å². The third-order valence-electron chi connectivity index (χ3n) is 4.09. The Balaban J connectivity index is 1.65. The molecule has 0 saturated carbocycles. The van der Waals surface area contributed by atoms with E-state index in [4.69, 9.17) is 10.5 Å². The van der Waals surface area contributed by atoms with Crippen LogP contribution in [0.2, 0.25) is 0 Å². The Labute approximate surface area is 125 Å².